The van der Waals surface area contributed by atoms with E-state index in [0.717, 1.165) is 0 Å². The van der Waals surface area contributed by atoms with Crippen LogP contribution in [0.3, 0.4) is 0 Å². The summed E-state index contributed by atoms with van der Waals surface area (Å²) in [7, 11) is 0. The van der Waals surface area contributed by atoms with E-state index in [1.54, 1.807) is 12.1 Å². The summed E-state index contributed by atoms with van der Waals surface area (Å²) in [5.74, 6) is -0.937. The van der Waals surface area contributed by atoms with Crippen molar-refractivity contribution in [1.29, 1.82) is 0 Å². The minimum absolute atomic E-state index is 0.0453. The maximum Gasteiger partial charge on any atom is 0.255 e. The summed E-state index contributed by atoms with van der Waals surface area (Å²) in [4.78, 5) is 11.7. The van der Waals surface area contributed by atoms with Crippen molar-refractivity contribution in [2.24, 2.45) is 0 Å². The Morgan fingerprint density at radius 3 is 2.94 bits per heavy atom. The van der Waals surface area contributed by atoms with Crippen molar-refractivity contribution in [3.05, 3.63) is 34.1 Å². The zero-order valence-corrected chi connectivity index (χ0v) is 11.2. The summed E-state index contributed by atoms with van der Waals surface area (Å²) in [6.45, 7) is 3.64. The lowest BCUT2D eigenvalue weighted by Gasteiger charge is -2.07. The van der Waals surface area contributed by atoms with Crippen molar-refractivity contribution >= 4 is 21.8 Å². The molecule has 94 valence electrons. The fourth-order valence-corrected chi connectivity index (χ4v) is 1.85. The minimum Gasteiger partial charge on any atom is -0.382 e. The molecule has 0 bridgehead atoms. The predicted molar refractivity (Wildman–Crippen MR) is 67.5 cm³/mol. The first kappa shape index (κ1) is 14.1. The van der Waals surface area contributed by atoms with Gasteiger partial charge in [0.25, 0.3) is 5.91 Å². The molecule has 0 saturated carbocycles. The number of carbonyl (C=O) groups is 1. The third-order valence-electron chi connectivity index (χ3n) is 2.14. The Kier molecular flexibility index (Phi) is 6.15. The van der Waals surface area contributed by atoms with Crippen LogP contribution in [-0.4, -0.2) is 25.7 Å². The molecule has 1 aromatic rings. The average molecular weight is 304 g/mol. The summed E-state index contributed by atoms with van der Waals surface area (Å²) < 4.78 is 19.0. The molecule has 1 amide bonds. The Labute approximate surface area is 108 Å². The van der Waals surface area contributed by atoms with Gasteiger partial charge in [0.1, 0.15) is 5.82 Å². The van der Waals surface area contributed by atoms with Gasteiger partial charge in [0, 0.05) is 24.2 Å². The molecule has 0 aliphatic carbocycles. The van der Waals surface area contributed by atoms with E-state index in [0.29, 0.717) is 30.7 Å². The molecule has 0 atom stereocenters. The highest BCUT2D eigenvalue weighted by atomic mass is 79.9. The number of nitrogens with one attached hydrogen (secondary N) is 1. The first-order valence-corrected chi connectivity index (χ1v) is 6.26. The van der Waals surface area contributed by atoms with E-state index in [4.69, 9.17) is 4.74 Å². The molecule has 0 aliphatic rings. The third kappa shape index (κ3) is 4.44. The van der Waals surface area contributed by atoms with Gasteiger partial charge < -0.3 is 10.1 Å². The number of halogens is 2. The fourth-order valence-electron chi connectivity index (χ4n) is 1.32. The molecule has 5 heteroatoms. The summed E-state index contributed by atoms with van der Waals surface area (Å²) >= 11 is 3.16. The summed E-state index contributed by atoms with van der Waals surface area (Å²) in [5, 5.41) is 2.65. The molecule has 0 aliphatic heterocycles. The average Bonchev–Trinajstić information content (AvgIpc) is 2.28. The third-order valence-corrected chi connectivity index (χ3v) is 2.81. The standard InChI is InChI=1S/C12H15BrFNO2/c1-2-17-8-4-7-15-12(16)11-9(13)5-3-6-10(11)14/h3,5-6H,2,4,7-8H2,1H3,(H,15,16). The van der Waals surface area contributed by atoms with Crippen LogP contribution in [0.25, 0.3) is 0 Å². The van der Waals surface area contributed by atoms with Crippen molar-refractivity contribution in [1.82, 2.24) is 5.32 Å². The summed E-state index contributed by atoms with van der Waals surface area (Å²) in [6, 6.07) is 4.45. The van der Waals surface area contributed by atoms with Crippen LogP contribution in [0.1, 0.15) is 23.7 Å². The molecule has 0 aromatic heterocycles. The SMILES string of the molecule is CCOCCCNC(=O)c1c(F)cccc1Br. The molecule has 1 aromatic carbocycles. The van der Waals surface area contributed by atoms with Crippen molar-refractivity contribution in [3.63, 3.8) is 0 Å². The van der Waals surface area contributed by atoms with E-state index in [-0.39, 0.29) is 5.56 Å². The smallest absolute Gasteiger partial charge is 0.255 e. The number of amides is 1. The molecule has 17 heavy (non-hydrogen) atoms. The Morgan fingerprint density at radius 1 is 1.53 bits per heavy atom. The molecule has 0 spiro atoms. The second-order valence-corrected chi connectivity index (χ2v) is 4.26. The minimum atomic E-state index is -0.526. The van der Waals surface area contributed by atoms with E-state index in [1.165, 1.54) is 6.07 Å². The van der Waals surface area contributed by atoms with Crippen molar-refractivity contribution < 1.29 is 13.9 Å². The molecule has 0 unspecified atom stereocenters. The lowest BCUT2D eigenvalue weighted by atomic mass is 10.2. The van der Waals surface area contributed by atoms with Gasteiger partial charge in [0.05, 0.1) is 5.56 Å². The molecule has 0 heterocycles. The molecule has 3 nitrogen and oxygen atoms in total. The van der Waals surface area contributed by atoms with Crippen LogP contribution in [0.5, 0.6) is 0 Å². The highest BCUT2D eigenvalue weighted by Gasteiger charge is 2.14. The van der Waals surface area contributed by atoms with Gasteiger partial charge in [-0.25, -0.2) is 4.39 Å². The largest absolute Gasteiger partial charge is 0.382 e. The molecule has 1 rings (SSSR count). The van der Waals surface area contributed by atoms with Gasteiger partial charge in [-0.3, -0.25) is 4.79 Å². The molecular weight excluding hydrogens is 289 g/mol. The number of hydrogen-bond acceptors (Lipinski definition) is 2. The van der Waals surface area contributed by atoms with Crippen LogP contribution < -0.4 is 5.32 Å². The molecular formula is C12H15BrFNO2. The van der Waals surface area contributed by atoms with Gasteiger partial charge in [-0.15, -0.1) is 0 Å². The lowest BCUT2D eigenvalue weighted by Crippen LogP contribution is -2.26. The van der Waals surface area contributed by atoms with E-state index in [9.17, 15) is 9.18 Å². The first-order chi connectivity index (χ1) is 8.16. The second kappa shape index (κ2) is 7.40. The topological polar surface area (TPSA) is 38.3 Å². The van der Waals surface area contributed by atoms with Crippen LogP contribution in [0, 0.1) is 5.82 Å². The predicted octanol–water partition coefficient (Wildman–Crippen LogP) is 2.74. The van der Waals surface area contributed by atoms with Crippen LogP contribution in [-0.2, 0) is 4.74 Å². The Bertz CT molecular complexity index is 365. The van der Waals surface area contributed by atoms with Crippen LogP contribution in [0.2, 0.25) is 0 Å². The summed E-state index contributed by atoms with van der Waals surface area (Å²) in [6.07, 6.45) is 0.714. The van der Waals surface area contributed by atoms with E-state index >= 15 is 0 Å². The maximum absolute atomic E-state index is 13.4. The number of hydrogen-bond donors (Lipinski definition) is 1. The fraction of sp³-hybridized carbons (Fsp3) is 0.417. The normalized spacial score (nSPS) is 10.3. The molecule has 0 radical (unpaired) electrons. The zero-order valence-electron chi connectivity index (χ0n) is 9.63. The van der Waals surface area contributed by atoms with Crippen LogP contribution in [0.4, 0.5) is 4.39 Å². The van der Waals surface area contributed by atoms with Gasteiger partial charge in [-0.2, -0.15) is 0 Å². The summed E-state index contributed by atoms with van der Waals surface area (Å²) in [5.41, 5.74) is 0.0453. The number of benzene rings is 1. The quantitative estimate of drug-likeness (QED) is 0.821. The van der Waals surface area contributed by atoms with Gasteiger partial charge >= 0.3 is 0 Å². The van der Waals surface area contributed by atoms with Crippen LogP contribution in [0.15, 0.2) is 22.7 Å². The Balaban J connectivity index is 2.47. The maximum atomic E-state index is 13.4. The molecule has 0 saturated heterocycles. The van der Waals surface area contributed by atoms with E-state index in [1.807, 2.05) is 6.92 Å². The molecule has 0 fully saturated rings. The zero-order chi connectivity index (χ0) is 12.7. The van der Waals surface area contributed by atoms with Gasteiger partial charge in [-0.05, 0) is 41.4 Å². The van der Waals surface area contributed by atoms with Gasteiger partial charge in [0.15, 0.2) is 0 Å². The van der Waals surface area contributed by atoms with Crippen LogP contribution >= 0.6 is 15.9 Å². The number of rotatable bonds is 6. The monoisotopic (exact) mass is 303 g/mol. The van der Waals surface area contributed by atoms with E-state index < -0.39 is 11.7 Å². The first-order valence-electron chi connectivity index (χ1n) is 5.46. The van der Waals surface area contributed by atoms with Crippen molar-refractivity contribution in [3.8, 4) is 0 Å². The molecule has 1 N–H and O–H groups in total. The van der Waals surface area contributed by atoms with Crippen molar-refractivity contribution in [2.45, 2.75) is 13.3 Å². The van der Waals surface area contributed by atoms with Crippen molar-refractivity contribution in [2.75, 3.05) is 19.8 Å². The number of ether oxygens (including phenoxy) is 1. The van der Waals surface area contributed by atoms with E-state index in [2.05, 4.69) is 21.2 Å². The van der Waals surface area contributed by atoms with Gasteiger partial charge in [-0.1, -0.05) is 6.07 Å². The highest BCUT2D eigenvalue weighted by Crippen LogP contribution is 2.19. The second-order valence-electron chi connectivity index (χ2n) is 3.40. The Morgan fingerprint density at radius 2 is 2.29 bits per heavy atom. The van der Waals surface area contributed by atoms with Gasteiger partial charge in [0.2, 0.25) is 0 Å². The number of carbonyl (C=O) groups excluding carboxylic acids is 1. The lowest BCUT2D eigenvalue weighted by molar-refractivity contribution is 0.0939. The Hall–Kier alpha value is -0.940. The highest BCUT2D eigenvalue weighted by molar-refractivity contribution is 9.10.